The highest BCUT2D eigenvalue weighted by Crippen LogP contribution is 2.32. The number of nitrogens with zero attached hydrogens (tertiary/aromatic N) is 1. The van der Waals surface area contributed by atoms with E-state index in [0.717, 1.165) is 29.2 Å². The molecule has 0 saturated carbocycles. The molecule has 2 aromatic rings. The summed E-state index contributed by atoms with van der Waals surface area (Å²) in [5, 5.41) is 5.30. The number of benzene rings is 1. The van der Waals surface area contributed by atoms with E-state index < -0.39 is 0 Å². The van der Waals surface area contributed by atoms with Crippen LogP contribution in [-0.2, 0) is 13.0 Å². The number of thiazole rings is 1. The van der Waals surface area contributed by atoms with Gasteiger partial charge in [0.15, 0.2) is 0 Å². The van der Waals surface area contributed by atoms with E-state index in [4.69, 9.17) is 23.2 Å². The van der Waals surface area contributed by atoms with Gasteiger partial charge in [0.1, 0.15) is 5.01 Å². The van der Waals surface area contributed by atoms with Crippen LogP contribution in [0, 0.1) is 0 Å². The van der Waals surface area contributed by atoms with Crippen molar-refractivity contribution in [3.8, 4) is 10.6 Å². The van der Waals surface area contributed by atoms with Crippen molar-refractivity contribution in [1.82, 2.24) is 10.3 Å². The fourth-order valence-electron chi connectivity index (χ4n) is 1.71. The maximum atomic E-state index is 6.04. The van der Waals surface area contributed by atoms with E-state index >= 15 is 0 Å². The molecule has 1 aromatic carbocycles. The van der Waals surface area contributed by atoms with Crippen LogP contribution in [-0.4, -0.2) is 12.0 Å². The van der Waals surface area contributed by atoms with E-state index in [1.54, 1.807) is 11.3 Å². The van der Waals surface area contributed by atoms with Gasteiger partial charge < -0.3 is 5.32 Å². The highest BCUT2D eigenvalue weighted by atomic mass is 35.5. The van der Waals surface area contributed by atoms with E-state index in [0.29, 0.717) is 10.0 Å². The molecule has 0 saturated heterocycles. The van der Waals surface area contributed by atoms with Gasteiger partial charge in [-0.05, 0) is 25.6 Å². The molecule has 18 heavy (non-hydrogen) atoms. The maximum absolute atomic E-state index is 6.04. The van der Waals surface area contributed by atoms with Gasteiger partial charge in [-0.1, -0.05) is 36.2 Å². The van der Waals surface area contributed by atoms with Gasteiger partial charge in [-0.2, -0.15) is 0 Å². The predicted molar refractivity (Wildman–Crippen MR) is 79.7 cm³/mol. The first-order valence-electron chi connectivity index (χ1n) is 5.74. The van der Waals surface area contributed by atoms with Gasteiger partial charge in [0.25, 0.3) is 0 Å². The zero-order chi connectivity index (χ0) is 13.1. The molecular weight excluding hydrogens is 287 g/mol. The molecule has 0 atom stereocenters. The van der Waals surface area contributed by atoms with Crippen molar-refractivity contribution in [2.75, 3.05) is 7.05 Å². The molecule has 0 fully saturated rings. The molecule has 0 aliphatic rings. The van der Waals surface area contributed by atoms with Crippen molar-refractivity contribution < 1.29 is 0 Å². The largest absolute Gasteiger partial charge is 0.315 e. The average molecular weight is 301 g/mol. The normalized spacial score (nSPS) is 10.9. The zero-order valence-corrected chi connectivity index (χ0v) is 12.6. The summed E-state index contributed by atoms with van der Waals surface area (Å²) in [5.41, 5.74) is 2.17. The lowest BCUT2D eigenvalue weighted by molar-refractivity contribution is 0.815. The lowest BCUT2D eigenvalue weighted by Crippen LogP contribution is -2.05. The van der Waals surface area contributed by atoms with Crippen LogP contribution in [0.1, 0.15) is 17.5 Å². The minimum absolute atomic E-state index is 0.567. The van der Waals surface area contributed by atoms with Crippen molar-refractivity contribution in [3.63, 3.8) is 0 Å². The maximum Gasteiger partial charge on any atom is 0.123 e. The predicted octanol–water partition coefficient (Wildman–Crippen LogP) is 4.40. The van der Waals surface area contributed by atoms with E-state index in [9.17, 15) is 0 Å². The third-order valence-corrected chi connectivity index (χ3v) is 4.50. The summed E-state index contributed by atoms with van der Waals surface area (Å²) in [4.78, 5) is 5.94. The monoisotopic (exact) mass is 300 g/mol. The highest BCUT2D eigenvalue weighted by Gasteiger charge is 2.11. The summed E-state index contributed by atoms with van der Waals surface area (Å²) < 4.78 is 0. The first-order valence-corrected chi connectivity index (χ1v) is 7.31. The minimum Gasteiger partial charge on any atom is -0.315 e. The quantitative estimate of drug-likeness (QED) is 0.905. The Balaban J connectivity index is 2.40. The van der Waals surface area contributed by atoms with E-state index in [1.807, 2.05) is 25.2 Å². The smallest absolute Gasteiger partial charge is 0.123 e. The fourth-order valence-corrected chi connectivity index (χ4v) is 3.17. The topological polar surface area (TPSA) is 24.9 Å². The Morgan fingerprint density at radius 1 is 1.28 bits per heavy atom. The number of aryl methyl sites for hydroxylation is 1. The van der Waals surface area contributed by atoms with Gasteiger partial charge in [0.05, 0.1) is 15.7 Å². The molecule has 1 N–H and O–H groups in total. The van der Waals surface area contributed by atoms with Crippen LogP contribution in [0.2, 0.25) is 10.0 Å². The molecular formula is C13H14Cl2N2S. The van der Waals surface area contributed by atoms with Crippen LogP contribution in [0.15, 0.2) is 18.2 Å². The van der Waals surface area contributed by atoms with Crippen LogP contribution in [0.5, 0.6) is 0 Å². The second kappa shape index (κ2) is 6.02. The molecule has 0 spiro atoms. The number of rotatable bonds is 4. The molecule has 2 rings (SSSR count). The van der Waals surface area contributed by atoms with Gasteiger partial charge in [0.2, 0.25) is 0 Å². The third kappa shape index (κ3) is 2.86. The van der Waals surface area contributed by atoms with Crippen LogP contribution < -0.4 is 5.32 Å². The minimum atomic E-state index is 0.567. The van der Waals surface area contributed by atoms with Crippen LogP contribution in [0.25, 0.3) is 10.6 Å². The first kappa shape index (κ1) is 13.8. The summed E-state index contributed by atoms with van der Waals surface area (Å²) in [5.74, 6) is 0. The highest BCUT2D eigenvalue weighted by molar-refractivity contribution is 7.15. The third-order valence-electron chi connectivity index (χ3n) is 2.62. The van der Waals surface area contributed by atoms with Crippen molar-refractivity contribution in [2.24, 2.45) is 0 Å². The van der Waals surface area contributed by atoms with Crippen molar-refractivity contribution in [3.05, 3.63) is 38.8 Å². The van der Waals surface area contributed by atoms with Gasteiger partial charge >= 0.3 is 0 Å². The summed E-state index contributed by atoms with van der Waals surface area (Å²) >= 11 is 13.7. The van der Waals surface area contributed by atoms with Crippen molar-refractivity contribution >= 4 is 34.5 Å². The lowest BCUT2D eigenvalue weighted by Gasteiger charge is -1.99. The Labute approximate surface area is 121 Å². The van der Waals surface area contributed by atoms with E-state index in [1.165, 1.54) is 4.88 Å². The summed E-state index contributed by atoms with van der Waals surface area (Å²) in [6, 6.07) is 5.63. The first-order chi connectivity index (χ1) is 8.65. The van der Waals surface area contributed by atoms with E-state index in [-0.39, 0.29) is 0 Å². The number of nitrogens with one attached hydrogen (secondary N) is 1. The SMILES string of the molecule is CCc1nc(-c2ccc(Cl)c(Cl)c2)sc1CNC. The molecule has 0 radical (unpaired) electrons. The molecule has 1 heterocycles. The number of hydrogen-bond donors (Lipinski definition) is 1. The number of aromatic nitrogens is 1. The fraction of sp³-hybridized carbons (Fsp3) is 0.308. The molecule has 1 aromatic heterocycles. The molecule has 0 bridgehead atoms. The average Bonchev–Trinajstić information content (AvgIpc) is 2.76. The molecule has 2 nitrogen and oxygen atoms in total. The molecule has 5 heteroatoms. The van der Waals surface area contributed by atoms with Gasteiger partial charge in [-0.3, -0.25) is 0 Å². The van der Waals surface area contributed by atoms with Gasteiger partial charge in [-0.15, -0.1) is 11.3 Å². The summed E-state index contributed by atoms with van der Waals surface area (Å²) in [6.07, 6.45) is 0.939. The van der Waals surface area contributed by atoms with Crippen LogP contribution in [0.3, 0.4) is 0 Å². The van der Waals surface area contributed by atoms with Crippen molar-refractivity contribution in [2.45, 2.75) is 19.9 Å². The summed E-state index contributed by atoms with van der Waals surface area (Å²) in [7, 11) is 1.94. The molecule has 96 valence electrons. The van der Waals surface area contributed by atoms with Crippen LogP contribution >= 0.6 is 34.5 Å². The Morgan fingerprint density at radius 2 is 2.06 bits per heavy atom. The van der Waals surface area contributed by atoms with Crippen molar-refractivity contribution in [1.29, 1.82) is 0 Å². The standard InChI is InChI=1S/C13H14Cl2N2S/c1-3-11-12(7-16-2)18-13(17-11)8-4-5-9(14)10(15)6-8/h4-6,16H,3,7H2,1-2H3. The molecule has 0 amide bonds. The molecule has 0 aliphatic heterocycles. The Kier molecular flexibility index (Phi) is 4.62. The zero-order valence-electron chi connectivity index (χ0n) is 10.3. The Hall–Kier alpha value is -0.610. The molecule has 0 unspecified atom stereocenters. The Bertz CT molecular complexity index is 552. The lowest BCUT2D eigenvalue weighted by atomic mass is 10.2. The number of hydrogen-bond acceptors (Lipinski definition) is 3. The summed E-state index contributed by atoms with van der Waals surface area (Å²) in [6.45, 7) is 2.97. The van der Waals surface area contributed by atoms with Gasteiger partial charge in [-0.25, -0.2) is 4.98 Å². The Morgan fingerprint density at radius 3 is 2.67 bits per heavy atom. The second-order valence-corrected chi connectivity index (χ2v) is 5.80. The molecule has 0 aliphatic carbocycles. The van der Waals surface area contributed by atoms with E-state index in [2.05, 4.69) is 17.2 Å². The second-order valence-electron chi connectivity index (χ2n) is 3.90. The number of halogens is 2. The van der Waals surface area contributed by atoms with Gasteiger partial charge in [0, 0.05) is 17.0 Å². The van der Waals surface area contributed by atoms with Crippen LogP contribution in [0.4, 0.5) is 0 Å².